The van der Waals surface area contributed by atoms with Crippen LogP contribution in [0.1, 0.15) is 32.1 Å². The fourth-order valence-electron chi connectivity index (χ4n) is 2.86. The Morgan fingerprint density at radius 1 is 1.06 bits per heavy atom. The number of carboxylic acids is 1. The maximum absolute atomic E-state index is 12.4. The number of aliphatic hydroxyl groups is 1. The molecule has 0 aromatic heterocycles. The first-order chi connectivity index (χ1) is 8.65. The molecule has 0 spiro atoms. The predicted molar refractivity (Wildman–Crippen MR) is 64.2 cm³/mol. The van der Waals surface area contributed by atoms with Gasteiger partial charge in [-0.25, -0.2) is 9.59 Å². The van der Waals surface area contributed by atoms with E-state index in [0.717, 1.165) is 25.7 Å². The van der Waals surface area contributed by atoms with Crippen LogP contribution in [0.3, 0.4) is 0 Å². The Balaban J connectivity index is 2.07. The van der Waals surface area contributed by atoms with Crippen molar-refractivity contribution in [2.75, 3.05) is 19.7 Å². The van der Waals surface area contributed by atoms with E-state index < -0.39 is 12.0 Å². The standard InChI is InChI=1S/C12H20N2O4/c15-8-9-4-1-2-6-13(9)12(18)14-7-3-5-10(14)11(16)17/h9-10,15H,1-8H2,(H,16,17)/t9?,10-/m0/s1. The highest BCUT2D eigenvalue weighted by molar-refractivity contribution is 5.83. The molecule has 18 heavy (non-hydrogen) atoms. The maximum atomic E-state index is 12.4. The third-order valence-corrected chi connectivity index (χ3v) is 3.87. The van der Waals surface area contributed by atoms with Crippen LogP contribution in [0, 0.1) is 0 Å². The zero-order valence-corrected chi connectivity index (χ0v) is 10.4. The number of hydrogen-bond donors (Lipinski definition) is 2. The molecule has 0 radical (unpaired) electrons. The molecule has 2 amide bonds. The number of amides is 2. The van der Waals surface area contributed by atoms with Gasteiger partial charge in [-0.2, -0.15) is 0 Å². The average molecular weight is 256 g/mol. The van der Waals surface area contributed by atoms with Gasteiger partial charge in [0.25, 0.3) is 0 Å². The molecule has 6 heteroatoms. The Kier molecular flexibility index (Phi) is 4.06. The minimum Gasteiger partial charge on any atom is -0.480 e. The Hall–Kier alpha value is -1.30. The van der Waals surface area contributed by atoms with Gasteiger partial charge in [0.1, 0.15) is 6.04 Å². The number of urea groups is 1. The van der Waals surface area contributed by atoms with Crippen LogP contribution in [0.2, 0.25) is 0 Å². The molecule has 0 aliphatic carbocycles. The van der Waals surface area contributed by atoms with Crippen LogP contribution in [0.5, 0.6) is 0 Å². The third kappa shape index (κ3) is 2.43. The fraction of sp³-hybridized carbons (Fsp3) is 0.833. The smallest absolute Gasteiger partial charge is 0.326 e. The lowest BCUT2D eigenvalue weighted by atomic mass is 10.0. The van der Waals surface area contributed by atoms with E-state index >= 15 is 0 Å². The summed E-state index contributed by atoms with van der Waals surface area (Å²) in [4.78, 5) is 26.5. The highest BCUT2D eigenvalue weighted by Crippen LogP contribution is 2.23. The highest BCUT2D eigenvalue weighted by atomic mass is 16.4. The minimum absolute atomic E-state index is 0.0443. The van der Waals surface area contributed by atoms with E-state index in [9.17, 15) is 14.7 Å². The van der Waals surface area contributed by atoms with Crippen molar-refractivity contribution in [1.82, 2.24) is 9.80 Å². The molecule has 2 aliphatic rings. The first-order valence-electron chi connectivity index (χ1n) is 6.56. The molecular weight excluding hydrogens is 236 g/mol. The number of piperidine rings is 1. The zero-order valence-electron chi connectivity index (χ0n) is 10.4. The van der Waals surface area contributed by atoms with E-state index in [2.05, 4.69) is 0 Å². The van der Waals surface area contributed by atoms with Crippen LogP contribution >= 0.6 is 0 Å². The summed E-state index contributed by atoms with van der Waals surface area (Å²) in [6.45, 7) is 1.08. The number of carboxylic acid groups (broad SMARTS) is 1. The predicted octanol–water partition coefficient (Wildman–Crippen LogP) is 0.502. The molecular formula is C12H20N2O4. The maximum Gasteiger partial charge on any atom is 0.326 e. The minimum atomic E-state index is -0.932. The lowest BCUT2D eigenvalue weighted by molar-refractivity contribution is -0.141. The van der Waals surface area contributed by atoms with Crippen LogP contribution in [-0.4, -0.2) is 63.8 Å². The first kappa shape index (κ1) is 13.1. The average Bonchev–Trinajstić information content (AvgIpc) is 2.87. The van der Waals surface area contributed by atoms with Crippen LogP contribution < -0.4 is 0 Å². The van der Waals surface area contributed by atoms with Crippen molar-refractivity contribution in [3.63, 3.8) is 0 Å². The van der Waals surface area contributed by atoms with E-state index in [0.29, 0.717) is 19.5 Å². The zero-order chi connectivity index (χ0) is 13.1. The normalized spacial score (nSPS) is 28.5. The summed E-state index contributed by atoms with van der Waals surface area (Å²) in [6.07, 6.45) is 4.00. The van der Waals surface area contributed by atoms with Gasteiger partial charge in [0.05, 0.1) is 12.6 Å². The van der Waals surface area contributed by atoms with E-state index in [1.54, 1.807) is 4.90 Å². The Labute approximate surface area is 106 Å². The van der Waals surface area contributed by atoms with Crippen molar-refractivity contribution < 1.29 is 19.8 Å². The first-order valence-corrected chi connectivity index (χ1v) is 6.56. The number of likely N-dealkylation sites (tertiary alicyclic amines) is 2. The number of aliphatic hydroxyl groups excluding tert-OH is 1. The summed E-state index contributed by atoms with van der Waals surface area (Å²) in [7, 11) is 0. The molecule has 0 bridgehead atoms. The summed E-state index contributed by atoms with van der Waals surface area (Å²) in [5.41, 5.74) is 0. The van der Waals surface area contributed by atoms with Crippen molar-refractivity contribution in [2.24, 2.45) is 0 Å². The van der Waals surface area contributed by atoms with Crippen molar-refractivity contribution in [3.05, 3.63) is 0 Å². The Bertz CT molecular complexity index is 334. The molecule has 0 saturated carbocycles. The van der Waals surface area contributed by atoms with Crippen molar-refractivity contribution in [2.45, 2.75) is 44.2 Å². The topological polar surface area (TPSA) is 81.1 Å². The lowest BCUT2D eigenvalue weighted by Gasteiger charge is -2.38. The number of carbonyl (C=O) groups is 2. The van der Waals surface area contributed by atoms with E-state index in [1.807, 2.05) is 0 Å². The van der Waals surface area contributed by atoms with Gasteiger partial charge < -0.3 is 20.0 Å². The number of hydrogen-bond acceptors (Lipinski definition) is 3. The van der Waals surface area contributed by atoms with Gasteiger partial charge >= 0.3 is 12.0 Å². The molecule has 2 rings (SSSR count). The van der Waals surface area contributed by atoms with Gasteiger partial charge in [0.15, 0.2) is 0 Å². The number of nitrogens with zero attached hydrogens (tertiary/aromatic N) is 2. The lowest BCUT2D eigenvalue weighted by Crippen LogP contribution is -2.54. The second-order valence-corrected chi connectivity index (χ2v) is 5.00. The van der Waals surface area contributed by atoms with E-state index in [-0.39, 0.29) is 18.7 Å². The molecule has 0 aromatic carbocycles. The second kappa shape index (κ2) is 5.56. The van der Waals surface area contributed by atoms with Crippen LogP contribution in [0.4, 0.5) is 4.79 Å². The highest BCUT2D eigenvalue weighted by Gasteiger charge is 2.38. The summed E-state index contributed by atoms with van der Waals surface area (Å²) < 4.78 is 0. The molecule has 2 saturated heterocycles. The third-order valence-electron chi connectivity index (χ3n) is 3.87. The van der Waals surface area contributed by atoms with Crippen molar-refractivity contribution >= 4 is 12.0 Å². The molecule has 0 aromatic rings. The molecule has 102 valence electrons. The monoisotopic (exact) mass is 256 g/mol. The molecule has 1 unspecified atom stereocenters. The summed E-state index contributed by atoms with van der Waals surface area (Å²) in [5.74, 6) is -0.932. The molecule has 2 atom stereocenters. The summed E-state index contributed by atoms with van der Waals surface area (Å²) >= 11 is 0. The Morgan fingerprint density at radius 3 is 2.44 bits per heavy atom. The number of rotatable bonds is 2. The van der Waals surface area contributed by atoms with E-state index in [1.165, 1.54) is 4.90 Å². The largest absolute Gasteiger partial charge is 0.480 e. The van der Waals surface area contributed by atoms with Crippen LogP contribution in [-0.2, 0) is 4.79 Å². The van der Waals surface area contributed by atoms with Gasteiger partial charge in [-0.15, -0.1) is 0 Å². The van der Waals surface area contributed by atoms with E-state index in [4.69, 9.17) is 5.11 Å². The molecule has 2 N–H and O–H groups in total. The molecule has 2 aliphatic heterocycles. The van der Waals surface area contributed by atoms with Crippen LogP contribution in [0.15, 0.2) is 0 Å². The van der Waals surface area contributed by atoms with Gasteiger partial charge in [-0.3, -0.25) is 0 Å². The Morgan fingerprint density at radius 2 is 1.78 bits per heavy atom. The summed E-state index contributed by atoms with van der Waals surface area (Å²) in [6, 6.07) is -1.07. The number of carbonyl (C=O) groups excluding carboxylic acids is 1. The second-order valence-electron chi connectivity index (χ2n) is 5.00. The quantitative estimate of drug-likeness (QED) is 0.754. The SMILES string of the molecule is O=C(O)[C@@H]1CCCN1C(=O)N1CCCCC1CO. The molecule has 2 fully saturated rings. The van der Waals surface area contributed by atoms with Gasteiger partial charge in [0.2, 0.25) is 0 Å². The molecule has 6 nitrogen and oxygen atoms in total. The fourth-order valence-corrected chi connectivity index (χ4v) is 2.86. The molecule has 2 heterocycles. The van der Waals surface area contributed by atoms with Crippen molar-refractivity contribution in [1.29, 1.82) is 0 Å². The van der Waals surface area contributed by atoms with Crippen molar-refractivity contribution in [3.8, 4) is 0 Å². The van der Waals surface area contributed by atoms with Gasteiger partial charge in [-0.1, -0.05) is 0 Å². The van der Waals surface area contributed by atoms with Gasteiger partial charge in [0, 0.05) is 13.1 Å². The summed E-state index contributed by atoms with van der Waals surface area (Å²) in [5, 5.41) is 18.4. The van der Waals surface area contributed by atoms with Gasteiger partial charge in [-0.05, 0) is 32.1 Å². The van der Waals surface area contributed by atoms with Crippen LogP contribution in [0.25, 0.3) is 0 Å². The number of aliphatic carboxylic acids is 1.